The smallest absolute Gasteiger partial charge is 0.255 e. The predicted molar refractivity (Wildman–Crippen MR) is 103 cm³/mol. The van der Waals surface area contributed by atoms with E-state index in [1.165, 1.54) is 42.5 Å². The Morgan fingerprint density at radius 2 is 1.46 bits per heavy atom. The number of nitrogens with one attached hydrogen (secondary N) is 2. The number of hydrogen-bond acceptors (Lipinski definition) is 2. The molecule has 28 heavy (non-hydrogen) atoms. The van der Waals surface area contributed by atoms with Gasteiger partial charge in [0.2, 0.25) is 0 Å². The maximum Gasteiger partial charge on any atom is 0.255 e. The van der Waals surface area contributed by atoms with Crippen molar-refractivity contribution in [2.45, 2.75) is 13.0 Å². The zero-order valence-electron chi connectivity index (χ0n) is 15.1. The quantitative estimate of drug-likeness (QED) is 0.674. The first-order chi connectivity index (χ1) is 13.4. The van der Waals surface area contributed by atoms with Crippen molar-refractivity contribution >= 4 is 17.5 Å². The normalized spacial score (nSPS) is 11.5. The van der Waals surface area contributed by atoms with Gasteiger partial charge in [-0.3, -0.25) is 9.59 Å². The summed E-state index contributed by atoms with van der Waals surface area (Å²) in [7, 11) is 0. The molecule has 0 heterocycles. The summed E-state index contributed by atoms with van der Waals surface area (Å²) < 4.78 is 26.6. The molecule has 0 fully saturated rings. The van der Waals surface area contributed by atoms with Crippen LogP contribution in [0, 0.1) is 11.6 Å². The second-order valence-electron chi connectivity index (χ2n) is 6.26. The number of rotatable bonds is 5. The van der Waals surface area contributed by atoms with E-state index in [0.717, 1.165) is 5.56 Å². The number of hydrogen-bond donors (Lipinski definition) is 2. The number of amides is 2. The molecule has 1 atom stereocenters. The molecule has 0 radical (unpaired) electrons. The molecular formula is C22H18F2N2O2. The Morgan fingerprint density at radius 3 is 2.11 bits per heavy atom. The summed E-state index contributed by atoms with van der Waals surface area (Å²) in [4.78, 5) is 24.4. The minimum absolute atomic E-state index is 0.0162. The molecule has 0 saturated carbocycles. The zero-order chi connectivity index (χ0) is 20.1. The standard InChI is InChI=1S/C22H18F2N2O2/c1-14(25-22(28)19-4-2-3-5-20(19)24)15-8-12-18(13-9-15)26-21(27)16-6-10-17(23)11-7-16/h2-14H,1H3,(H,25,28)(H,26,27). The highest BCUT2D eigenvalue weighted by atomic mass is 19.1. The summed E-state index contributed by atoms with van der Waals surface area (Å²) >= 11 is 0. The molecule has 4 nitrogen and oxygen atoms in total. The van der Waals surface area contributed by atoms with Gasteiger partial charge in [-0.25, -0.2) is 8.78 Å². The van der Waals surface area contributed by atoms with Crippen molar-refractivity contribution in [1.29, 1.82) is 0 Å². The Morgan fingerprint density at radius 1 is 0.821 bits per heavy atom. The van der Waals surface area contributed by atoms with Crippen LogP contribution in [0.15, 0.2) is 72.8 Å². The Balaban J connectivity index is 1.63. The summed E-state index contributed by atoms with van der Waals surface area (Å²) in [5, 5.41) is 5.46. The summed E-state index contributed by atoms with van der Waals surface area (Å²) in [6.45, 7) is 1.78. The molecule has 3 aromatic rings. The van der Waals surface area contributed by atoms with Crippen LogP contribution in [0.3, 0.4) is 0 Å². The number of benzene rings is 3. The summed E-state index contributed by atoms with van der Waals surface area (Å²) in [6.07, 6.45) is 0. The summed E-state index contributed by atoms with van der Waals surface area (Å²) in [5.41, 5.74) is 1.68. The number of carbonyl (C=O) groups excluding carboxylic acids is 2. The van der Waals surface area contributed by atoms with Crippen LogP contribution in [-0.4, -0.2) is 11.8 Å². The monoisotopic (exact) mass is 380 g/mol. The molecule has 0 aliphatic rings. The van der Waals surface area contributed by atoms with Crippen molar-refractivity contribution in [3.63, 3.8) is 0 Å². The fourth-order valence-corrected chi connectivity index (χ4v) is 2.66. The molecule has 3 rings (SSSR count). The van der Waals surface area contributed by atoms with E-state index in [9.17, 15) is 18.4 Å². The molecule has 2 N–H and O–H groups in total. The van der Waals surface area contributed by atoms with Gasteiger partial charge < -0.3 is 10.6 Å². The van der Waals surface area contributed by atoms with Crippen LogP contribution in [0.4, 0.5) is 14.5 Å². The number of halogens is 2. The van der Waals surface area contributed by atoms with Crippen molar-refractivity contribution in [2.75, 3.05) is 5.32 Å². The Bertz CT molecular complexity index is 986. The van der Waals surface area contributed by atoms with Gasteiger partial charge >= 0.3 is 0 Å². The van der Waals surface area contributed by atoms with Crippen LogP contribution in [0.1, 0.15) is 39.2 Å². The van der Waals surface area contributed by atoms with Gasteiger partial charge in [0.05, 0.1) is 11.6 Å². The first-order valence-electron chi connectivity index (χ1n) is 8.66. The van der Waals surface area contributed by atoms with Gasteiger partial charge in [0.15, 0.2) is 0 Å². The highest BCUT2D eigenvalue weighted by Gasteiger charge is 2.15. The molecular weight excluding hydrogens is 362 g/mol. The van der Waals surface area contributed by atoms with E-state index < -0.39 is 17.5 Å². The Labute approximate surface area is 161 Å². The fourth-order valence-electron chi connectivity index (χ4n) is 2.66. The topological polar surface area (TPSA) is 58.2 Å². The predicted octanol–water partition coefficient (Wildman–Crippen LogP) is 4.71. The van der Waals surface area contributed by atoms with Crippen molar-refractivity contribution in [3.05, 3.63) is 101 Å². The third-order valence-electron chi connectivity index (χ3n) is 4.24. The minimum atomic E-state index is -0.578. The van der Waals surface area contributed by atoms with Crippen LogP contribution >= 0.6 is 0 Å². The third kappa shape index (κ3) is 4.59. The van der Waals surface area contributed by atoms with Crippen molar-refractivity contribution in [2.24, 2.45) is 0 Å². The van der Waals surface area contributed by atoms with Crippen LogP contribution in [0.2, 0.25) is 0 Å². The molecule has 0 spiro atoms. The van der Waals surface area contributed by atoms with Gasteiger partial charge in [0.1, 0.15) is 11.6 Å². The number of anilines is 1. The van der Waals surface area contributed by atoms with E-state index in [1.54, 1.807) is 37.3 Å². The molecule has 0 saturated heterocycles. The van der Waals surface area contributed by atoms with Crippen LogP contribution < -0.4 is 10.6 Å². The average molecular weight is 380 g/mol. The number of carbonyl (C=O) groups is 2. The first kappa shape index (κ1) is 19.2. The van der Waals surface area contributed by atoms with E-state index in [-0.39, 0.29) is 17.5 Å². The molecule has 2 amide bonds. The van der Waals surface area contributed by atoms with Crippen molar-refractivity contribution < 1.29 is 18.4 Å². The minimum Gasteiger partial charge on any atom is -0.345 e. The van der Waals surface area contributed by atoms with Gasteiger partial charge in [-0.2, -0.15) is 0 Å². The maximum atomic E-state index is 13.7. The molecule has 0 aliphatic heterocycles. The Kier molecular flexibility index (Phi) is 5.79. The molecule has 3 aromatic carbocycles. The zero-order valence-corrected chi connectivity index (χ0v) is 15.1. The van der Waals surface area contributed by atoms with Gasteiger partial charge in [-0.1, -0.05) is 24.3 Å². The third-order valence-corrected chi connectivity index (χ3v) is 4.24. The highest BCUT2D eigenvalue weighted by Crippen LogP contribution is 2.18. The van der Waals surface area contributed by atoms with E-state index in [2.05, 4.69) is 10.6 Å². The maximum absolute atomic E-state index is 13.7. The van der Waals surface area contributed by atoms with Crippen LogP contribution in [0.25, 0.3) is 0 Å². The lowest BCUT2D eigenvalue weighted by Gasteiger charge is -2.15. The molecule has 0 aliphatic carbocycles. The summed E-state index contributed by atoms with van der Waals surface area (Å²) in [6, 6.07) is 17.6. The van der Waals surface area contributed by atoms with Crippen LogP contribution in [-0.2, 0) is 0 Å². The van der Waals surface area contributed by atoms with Crippen molar-refractivity contribution in [1.82, 2.24) is 5.32 Å². The molecule has 0 aromatic heterocycles. The lowest BCUT2D eigenvalue weighted by Crippen LogP contribution is -2.27. The molecule has 0 bridgehead atoms. The SMILES string of the molecule is CC(NC(=O)c1ccccc1F)c1ccc(NC(=O)c2ccc(F)cc2)cc1. The summed E-state index contributed by atoms with van der Waals surface area (Å²) in [5.74, 6) is -1.84. The molecule has 6 heteroatoms. The van der Waals surface area contributed by atoms with E-state index in [1.807, 2.05) is 0 Å². The highest BCUT2D eigenvalue weighted by molar-refractivity contribution is 6.04. The second kappa shape index (κ2) is 8.43. The van der Waals surface area contributed by atoms with Crippen molar-refractivity contribution in [3.8, 4) is 0 Å². The van der Waals surface area contributed by atoms with Gasteiger partial charge in [0, 0.05) is 11.3 Å². The Hall–Kier alpha value is -3.54. The van der Waals surface area contributed by atoms with Gasteiger partial charge in [-0.15, -0.1) is 0 Å². The van der Waals surface area contributed by atoms with E-state index >= 15 is 0 Å². The fraction of sp³-hybridized carbons (Fsp3) is 0.0909. The lowest BCUT2D eigenvalue weighted by atomic mass is 10.1. The van der Waals surface area contributed by atoms with Crippen LogP contribution in [0.5, 0.6) is 0 Å². The van der Waals surface area contributed by atoms with E-state index in [4.69, 9.17) is 0 Å². The molecule has 1 unspecified atom stereocenters. The largest absolute Gasteiger partial charge is 0.345 e. The van der Waals surface area contributed by atoms with Gasteiger partial charge in [-0.05, 0) is 61.0 Å². The van der Waals surface area contributed by atoms with Gasteiger partial charge in [0.25, 0.3) is 11.8 Å². The second-order valence-corrected chi connectivity index (χ2v) is 6.26. The van der Waals surface area contributed by atoms with E-state index in [0.29, 0.717) is 11.3 Å². The average Bonchev–Trinajstić information content (AvgIpc) is 2.69. The molecule has 142 valence electrons. The first-order valence-corrected chi connectivity index (χ1v) is 8.66. The lowest BCUT2D eigenvalue weighted by molar-refractivity contribution is 0.0935.